The van der Waals surface area contributed by atoms with Gasteiger partial charge in [0, 0.05) is 18.0 Å². The van der Waals surface area contributed by atoms with Crippen LogP contribution in [0.25, 0.3) is 5.82 Å². The van der Waals surface area contributed by atoms with Gasteiger partial charge in [0.15, 0.2) is 5.82 Å². The Hall–Kier alpha value is -1.56. The summed E-state index contributed by atoms with van der Waals surface area (Å²) in [4.78, 5) is 8.70. The third kappa shape index (κ3) is 3.01. The summed E-state index contributed by atoms with van der Waals surface area (Å²) in [5.74, 6) is 2.58. The molecular formula is C12H17N5S. The first-order valence-electron chi connectivity index (χ1n) is 5.79. The maximum Gasteiger partial charge on any atom is 0.174 e. The minimum Gasteiger partial charge on any atom is -0.368 e. The van der Waals surface area contributed by atoms with Crippen molar-refractivity contribution >= 4 is 17.6 Å². The van der Waals surface area contributed by atoms with Gasteiger partial charge in [-0.05, 0) is 26.2 Å². The fraction of sp³-hybridized carbons (Fsp3) is 0.417. The summed E-state index contributed by atoms with van der Waals surface area (Å²) in [6.45, 7) is 4.86. The van der Waals surface area contributed by atoms with Crippen LogP contribution in [0, 0.1) is 13.8 Å². The predicted octanol–water partition coefficient (Wildman–Crippen LogP) is 2.05. The molecule has 0 spiro atoms. The van der Waals surface area contributed by atoms with Crippen LogP contribution in [-0.4, -0.2) is 38.3 Å². The van der Waals surface area contributed by atoms with Gasteiger partial charge in [-0.15, -0.1) is 0 Å². The van der Waals surface area contributed by atoms with E-state index in [0.29, 0.717) is 0 Å². The molecule has 0 amide bonds. The van der Waals surface area contributed by atoms with Crippen molar-refractivity contribution < 1.29 is 0 Å². The molecule has 0 bridgehead atoms. The van der Waals surface area contributed by atoms with Crippen molar-refractivity contribution in [2.45, 2.75) is 13.8 Å². The Bertz CT molecular complexity index is 523. The molecule has 0 aliphatic rings. The Kier molecular flexibility index (Phi) is 4.19. The number of thioether (sulfide) groups is 1. The molecule has 2 aromatic heterocycles. The number of nitrogens with one attached hydrogen (secondary N) is 1. The van der Waals surface area contributed by atoms with E-state index in [1.807, 2.05) is 24.6 Å². The van der Waals surface area contributed by atoms with E-state index in [2.05, 4.69) is 26.6 Å². The van der Waals surface area contributed by atoms with Gasteiger partial charge in [-0.2, -0.15) is 16.9 Å². The number of hydrogen-bond donors (Lipinski definition) is 1. The largest absolute Gasteiger partial charge is 0.368 e. The second-order valence-corrected chi connectivity index (χ2v) is 5.01. The summed E-state index contributed by atoms with van der Waals surface area (Å²) in [6, 6.07) is 2.02. The SMILES string of the molecule is CSCCNc1cncc(-n2nc(C)cc2C)n1. The van der Waals surface area contributed by atoms with Crippen molar-refractivity contribution in [3.8, 4) is 5.82 Å². The van der Waals surface area contributed by atoms with Gasteiger partial charge in [-0.25, -0.2) is 9.67 Å². The molecule has 2 rings (SSSR count). The third-order valence-corrected chi connectivity index (χ3v) is 3.07. The first kappa shape index (κ1) is 12.9. The average Bonchev–Trinajstić information content (AvgIpc) is 2.69. The lowest BCUT2D eigenvalue weighted by atomic mass is 10.4. The maximum absolute atomic E-state index is 4.51. The van der Waals surface area contributed by atoms with Crippen molar-refractivity contribution in [2.75, 3.05) is 23.9 Å². The van der Waals surface area contributed by atoms with Crippen LogP contribution in [0.1, 0.15) is 11.4 Å². The summed E-state index contributed by atoms with van der Waals surface area (Å²) >= 11 is 1.80. The molecule has 0 fully saturated rings. The van der Waals surface area contributed by atoms with Crippen LogP contribution in [0.15, 0.2) is 18.5 Å². The molecule has 96 valence electrons. The van der Waals surface area contributed by atoms with Gasteiger partial charge in [-0.3, -0.25) is 4.98 Å². The van der Waals surface area contributed by atoms with Crippen molar-refractivity contribution in [3.05, 3.63) is 29.8 Å². The molecule has 2 heterocycles. The quantitative estimate of drug-likeness (QED) is 0.837. The maximum atomic E-state index is 4.51. The van der Waals surface area contributed by atoms with Gasteiger partial charge in [0.1, 0.15) is 5.82 Å². The van der Waals surface area contributed by atoms with E-state index in [4.69, 9.17) is 0 Å². The molecule has 0 saturated heterocycles. The first-order chi connectivity index (χ1) is 8.70. The van der Waals surface area contributed by atoms with Crippen LogP contribution in [0.3, 0.4) is 0 Å². The molecular weight excluding hydrogens is 246 g/mol. The van der Waals surface area contributed by atoms with Crippen LogP contribution < -0.4 is 5.32 Å². The Morgan fingerprint density at radius 1 is 1.33 bits per heavy atom. The number of anilines is 1. The summed E-state index contributed by atoms with van der Waals surface area (Å²) in [5, 5.41) is 7.65. The number of aryl methyl sites for hydroxylation is 2. The fourth-order valence-electron chi connectivity index (χ4n) is 1.68. The van der Waals surface area contributed by atoms with Crippen molar-refractivity contribution in [1.29, 1.82) is 0 Å². The normalized spacial score (nSPS) is 10.6. The average molecular weight is 263 g/mol. The molecule has 0 radical (unpaired) electrons. The van der Waals surface area contributed by atoms with Crippen LogP contribution in [0.5, 0.6) is 0 Å². The fourth-order valence-corrected chi connectivity index (χ4v) is 1.99. The minimum absolute atomic E-state index is 0.745. The number of nitrogens with zero attached hydrogens (tertiary/aromatic N) is 4. The molecule has 0 aliphatic carbocycles. The highest BCUT2D eigenvalue weighted by molar-refractivity contribution is 7.98. The Balaban J connectivity index is 2.19. The number of hydrogen-bond acceptors (Lipinski definition) is 5. The summed E-state index contributed by atoms with van der Waals surface area (Å²) in [6.07, 6.45) is 5.54. The number of rotatable bonds is 5. The molecule has 6 heteroatoms. The Morgan fingerprint density at radius 2 is 2.17 bits per heavy atom. The zero-order valence-electron chi connectivity index (χ0n) is 10.8. The molecule has 5 nitrogen and oxygen atoms in total. The molecule has 0 aromatic carbocycles. The van der Waals surface area contributed by atoms with Crippen molar-refractivity contribution in [2.24, 2.45) is 0 Å². The van der Waals surface area contributed by atoms with E-state index in [1.54, 1.807) is 24.2 Å². The minimum atomic E-state index is 0.745. The van der Waals surface area contributed by atoms with Crippen LogP contribution in [-0.2, 0) is 0 Å². The molecule has 1 N–H and O–H groups in total. The molecule has 0 unspecified atom stereocenters. The Morgan fingerprint density at radius 3 is 2.83 bits per heavy atom. The summed E-state index contributed by atoms with van der Waals surface area (Å²) < 4.78 is 1.81. The Labute approximate surface area is 111 Å². The lowest BCUT2D eigenvalue weighted by molar-refractivity contribution is 0.799. The van der Waals surface area contributed by atoms with Gasteiger partial charge in [0.05, 0.1) is 18.1 Å². The topological polar surface area (TPSA) is 55.6 Å². The molecule has 0 atom stereocenters. The van der Waals surface area contributed by atoms with E-state index in [9.17, 15) is 0 Å². The second kappa shape index (κ2) is 5.86. The zero-order valence-corrected chi connectivity index (χ0v) is 11.7. The summed E-state index contributed by atoms with van der Waals surface area (Å²) in [7, 11) is 0. The van der Waals surface area contributed by atoms with E-state index in [-0.39, 0.29) is 0 Å². The molecule has 0 aliphatic heterocycles. The van der Waals surface area contributed by atoms with Crippen molar-refractivity contribution in [1.82, 2.24) is 19.7 Å². The highest BCUT2D eigenvalue weighted by Crippen LogP contribution is 2.10. The van der Waals surface area contributed by atoms with Crippen LogP contribution >= 0.6 is 11.8 Å². The molecule has 18 heavy (non-hydrogen) atoms. The van der Waals surface area contributed by atoms with E-state index < -0.39 is 0 Å². The predicted molar refractivity (Wildman–Crippen MR) is 75.5 cm³/mol. The van der Waals surface area contributed by atoms with E-state index in [0.717, 1.165) is 35.3 Å². The smallest absolute Gasteiger partial charge is 0.174 e. The van der Waals surface area contributed by atoms with Gasteiger partial charge >= 0.3 is 0 Å². The lowest BCUT2D eigenvalue weighted by Crippen LogP contribution is -2.09. The highest BCUT2D eigenvalue weighted by Gasteiger charge is 2.06. The lowest BCUT2D eigenvalue weighted by Gasteiger charge is -2.07. The standard InChI is InChI=1S/C12H17N5S/c1-9-6-10(2)17(16-9)12-8-13-7-11(15-12)14-4-5-18-3/h6-8H,4-5H2,1-3H3,(H,14,15). The van der Waals surface area contributed by atoms with E-state index >= 15 is 0 Å². The van der Waals surface area contributed by atoms with Gasteiger partial charge in [0.25, 0.3) is 0 Å². The zero-order chi connectivity index (χ0) is 13.0. The molecule has 0 saturated carbocycles. The first-order valence-corrected chi connectivity index (χ1v) is 7.18. The monoisotopic (exact) mass is 263 g/mol. The number of aromatic nitrogens is 4. The third-order valence-electron chi connectivity index (χ3n) is 2.46. The molecule has 2 aromatic rings. The van der Waals surface area contributed by atoms with Crippen LogP contribution in [0.2, 0.25) is 0 Å². The summed E-state index contributed by atoms with van der Waals surface area (Å²) in [5.41, 5.74) is 2.04. The van der Waals surface area contributed by atoms with E-state index in [1.165, 1.54) is 0 Å². The van der Waals surface area contributed by atoms with Crippen LogP contribution in [0.4, 0.5) is 5.82 Å². The highest BCUT2D eigenvalue weighted by atomic mass is 32.2. The van der Waals surface area contributed by atoms with Gasteiger partial charge < -0.3 is 5.32 Å². The van der Waals surface area contributed by atoms with Crippen molar-refractivity contribution in [3.63, 3.8) is 0 Å². The second-order valence-electron chi connectivity index (χ2n) is 4.02. The van der Waals surface area contributed by atoms with Gasteiger partial charge in [-0.1, -0.05) is 0 Å². The van der Waals surface area contributed by atoms with Gasteiger partial charge in [0.2, 0.25) is 0 Å².